The van der Waals surface area contributed by atoms with E-state index in [-0.39, 0.29) is 0 Å². The van der Waals surface area contributed by atoms with Gasteiger partial charge in [-0.25, -0.2) is 0 Å². The molecule has 1 aliphatic heterocycles. The Morgan fingerprint density at radius 2 is 2.15 bits per heavy atom. The van der Waals surface area contributed by atoms with Gasteiger partial charge in [0.25, 0.3) is 0 Å². The molecule has 0 aromatic heterocycles. The Labute approximate surface area is 87.9 Å². The molecule has 3 heteroatoms. The van der Waals surface area contributed by atoms with Gasteiger partial charge in [-0.3, -0.25) is 0 Å². The summed E-state index contributed by atoms with van der Waals surface area (Å²) in [6, 6.07) is 10.6. The second-order valence-corrected chi connectivity index (χ2v) is 5.08. The molecule has 0 amide bonds. The van der Waals surface area contributed by atoms with Crippen LogP contribution >= 0.6 is 24.0 Å². The maximum atomic E-state index is 5.06. The summed E-state index contributed by atoms with van der Waals surface area (Å²) in [7, 11) is 0. The van der Waals surface area contributed by atoms with E-state index in [9.17, 15) is 0 Å². The number of thioether (sulfide) groups is 1. The molecule has 1 unspecified atom stereocenters. The normalized spacial score (nSPS) is 21.5. The van der Waals surface area contributed by atoms with Crippen LogP contribution in [0.25, 0.3) is 0 Å². The van der Waals surface area contributed by atoms with E-state index in [0.717, 1.165) is 17.3 Å². The van der Waals surface area contributed by atoms with Crippen molar-refractivity contribution in [3.05, 3.63) is 35.9 Å². The van der Waals surface area contributed by atoms with Crippen molar-refractivity contribution < 1.29 is 0 Å². The van der Waals surface area contributed by atoms with Gasteiger partial charge < -0.3 is 5.32 Å². The van der Waals surface area contributed by atoms with Gasteiger partial charge >= 0.3 is 0 Å². The molecule has 0 spiro atoms. The maximum absolute atomic E-state index is 5.06. The number of benzene rings is 1. The average Bonchev–Trinajstić information content (AvgIpc) is 2.53. The second-order valence-electron chi connectivity index (χ2n) is 3.10. The van der Waals surface area contributed by atoms with Gasteiger partial charge in [-0.1, -0.05) is 54.3 Å². The Kier molecular flexibility index (Phi) is 2.86. The Hall–Kier alpha value is -0.540. The first-order valence-corrected chi connectivity index (χ1v) is 5.62. The summed E-state index contributed by atoms with van der Waals surface area (Å²) in [5, 5.41) is 3.80. The van der Waals surface area contributed by atoms with Crippen LogP contribution in [-0.2, 0) is 6.42 Å². The molecule has 0 aliphatic carbocycles. The van der Waals surface area contributed by atoms with Gasteiger partial charge in [0, 0.05) is 11.8 Å². The van der Waals surface area contributed by atoms with Gasteiger partial charge in [0.05, 0.1) is 0 Å². The third kappa shape index (κ3) is 2.45. The largest absolute Gasteiger partial charge is 0.370 e. The highest BCUT2D eigenvalue weighted by atomic mass is 32.2. The van der Waals surface area contributed by atoms with Crippen molar-refractivity contribution in [2.45, 2.75) is 11.7 Å². The molecule has 1 fully saturated rings. The van der Waals surface area contributed by atoms with Crippen LogP contribution in [0, 0.1) is 0 Å². The van der Waals surface area contributed by atoms with Crippen LogP contribution in [0.1, 0.15) is 5.56 Å². The zero-order valence-electron chi connectivity index (χ0n) is 7.19. The molecule has 1 atom stereocenters. The molecule has 0 radical (unpaired) electrons. The molecule has 2 rings (SSSR count). The van der Waals surface area contributed by atoms with E-state index >= 15 is 0 Å². The van der Waals surface area contributed by atoms with Crippen LogP contribution < -0.4 is 5.32 Å². The molecule has 1 aromatic carbocycles. The molecular formula is C10H11NS2. The summed E-state index contributed by atoms with van der Waals surface area (Å²) in [4.78, 5) is 0. The van der Waals surface area contributed by atoms with Crippen LogP contribution in [0.15, 0.2) is 30.3 Å². The van der Waals surface area contributed by atoms with Gasteiger partial charge in [-0.05, 0) is 12.0 Å². The lowest BCUT2D eigenvalue weighted by atomic mass is 10.1. The summed E-state index contributed by atoms with van der Waals surface area (Å²) in [6.45, 7) is 1.01. The summed E-state index contributed by atoms with van der Waals surface area (Å²) >= 11 is 6.84. The van der Waals surface area contributed by atoms with Gasteiger partial charge in [-0.2, -0.15) is 0 Å². The smallest absolute Gasteiger partial charge is 0.134 e. The molecule has 1 saturated heterocycles. The van der Waals surface area contributed by atoms with Gasteiger partial charge in [0.15, 0.2) is 0 Å². The molecule has 0 bridgehead atoms. The molecule has 1 N–H and O–H groups in total. The van der Waals surface area contributed by atoms with Crippen molar-refractivity contribution >= 4 is 28.3 Å². The lowest BCUT2D eigenvalue weighted by Crippen LogP contribution is -2.16. The Balaban J connectivity index is 1.96. The minimum Gasteiger partial charge on any atom is -0.370 e. The van der Waals surface area contributed by atoms with E-state index in [2.05, 4.69) is 29.6 Å². The summed E-state index contributed by atoms with van der Waals surface area (Å²) < 4.78 is 0.945. The lowest BCUT2D eigenvalue weighted by molar-refractivity contribution is 0.822. The Morgan fingerprint density at radius 1 is 1.38 bits per heavy atom. The molecule has 1 aromatic rings. The fraction of sp³-hybridized carbons (Fsp3) is 0.300. The van der Waals surface area contributed by atoms with Crippen LogP contribution in [0.4, 0.5) is 0 Å². The molecule has 0 saturated carbocycles. The minimum absolute atomic E-state index is 0.620. The number of thiocarbonyl (C=S) groups is 1. The highest BCUT2D eigenvalue weighted by Crippen LogP contribution is 2.21. The summed E-state index contributed by atoms with van der Waals surface area (Å²) in [5.74, 6) is 0. The molecule has 68 valence electrons. The second kappa shape index (κ2) is 4.11. The third-order valence-corrected chi connectivity index (χ3v) is 3.51. The van der Waals surface area contributed by atoms with Crippen molar-refractivity contribution in [2.24, 2.45) is 0 Å². The average molecular weight is 209 g/mol. The van der Waals surface area contributed by atoms with Crippen LogP contribution in [-0.4, -0.2) is 16.1 Å². The van der Waals surface area contributed by atoms with Crippen molar-refractivity contribution in [2.75, 3.05) is 6.54 Å². The quantitative estimate of drug-likeness (QED) is 0.750. The zero-order chi connectivity index (χ0) is 9.10. The maximum Gasteiger partial charge on any atom is 0.134 e. The fourth-order valence-electron chi connectivity index (χ4n) is 1.42. The molecule has 1 aliphatic rings. The SMILES string of the molecule is S=C1NCC(Cc2ccccc2)S1. The monoisotopic (exact) mass is 209 g/mol. The standard InChI is InChI=1S/C10H11NS2/c12-10-11-7-9(13-10)6-8-4-2-1-3-5-8/h1-5,9H,6-7H2,(H,11,12). The van der Waals surface area contributed by atoms with Crippen molar-refractivity contribution in [3.8, 4) is 0 Å². The van der Waals surface area contributed by atoms with Gasteiger partial charge in [0.1, 0.15) is 4.32 Å². The topological polar surface area (TPSA) is 12.0 Å². The first kappa shape index (κ1) is 9.03. The van der Waals surface area contributed by atoms with Crippen LogP contribution in [0.5, 0.6) is 0 Å². The molecule has 1 nitrogen and oxygen atoms in total. The Morgan fingerprint density at radius 3 is 2.77 bits per heavy atom. The highest BCUT2D eigenvalue weighted by molar-refractivity contribution is 8.23. The number of hydrogen-bond donors (Lipinski definition) is 1. The van der Waals surface area contributed by atoms with E-state index in [1.165, 1.54) is 5.56 Å². The zero-order valence-corrected chi connectivity index (χ0v) is 8.83. The predicted molar refractivity (Wildman–Crippen MR) is 62.1 cm³/mol. The van der Waals surface area contributed by atoms with Gasteiger partial charge in [0.2, 0.25) is 0 Å². The third-order valence-electron chi connectivity index (χ3n) is 2.05. The highest BCUT2D eigenvalue weighted by Gasteiger charge is 2.19. The van der Waals surface area contributed by atoms with E-state index in [1.54, 1.807) is 11.8 Å². The summed E-state index contributed by atoms with van der Waals surface area (Å²) in [5.41, 5.74) is 1.39. The predicted octanol–water partition coefficient (Wildman–Crippen LogP) is 2.22. The first-order chi connectivity index (χ1) is 6.34. The van der Waals surface area contributed by atoms with E-state index in [4.69, 9.17) is 12.2 Å². The molecule has 13 heavy (non-hydrogen) atoms. The summed E-state index contributed by atoms with van der Waals surface area (Å²) in [6.07, 6.45) is 1.11. The lowest BCUT2D eigenvalue weighted by Gasteiger charge is -2.05. The fourth-order valence-corrected chi connectivity index (χ4v) is 2.83. The molecular weight excluding hydrogens is 198 g/mol. The van der Waals surface area contributed by atoms with Crippen molar-refractivity contribution in [1.82, 2.24) is 5.32 Å². The van der Waals surface area contributed by atoms with E-state index < -0.39 is 0 Å². The number of nitrogens with one attached hydrogen (secondary N) is 1. The minimum atomic E-state index is 0.620. The first-order valence-electron chi connectivity index (χ1n) is 4.33. The van der Waals surface area contributed by atoms with Crippen LogP contribution in [0.2, 0.25) is 0 Å². The van der Waals surface area contributed by atoms with Crippen molar-refractivity contribution in [3.63, 3.8) is 0 Å². The molecule has 1 heterocycles. The van der Waals surface area contributed by atoms with Crippen LogP contribution in [0.3, 0.4) is 0 Å². The number of hydrogen-bond acceptors (Lipinski definition) is 2. The van der Waals surface area contributed by atoms with E-state index in [0.29, 0.717) is 5.25 Å². The van der Waals surface area contributed by atoms with Crippen molar-refractivity contribution in [1.29, 1.82) is 0 Å². The van der Waals surface area contributed by atoms with Gasteiger partial charge in [-0.15, -0.1) is 0 Å². The number of rotatable bonds is 2. The Bertz CT molecular complexity index is 297. The van der Waals surface area contributed by atoms with E-state index in [1.807, 2.05) is 6.07 Å².